The minimum atomic E-state index is -0.165. The molecule has 2 rings (SSSR count). The van der Waals surface area contributed by atoms with E-state index in [0.717, 1.165) is 16.9 Å². The van der Waals surface area contributed by atoms with Crippen LogP contribution in [0.5, 0.6) is 0 Å². The van der Waals surface area contributed by atoms with Gasteiger partial charge in [-0.05, 0) is 31.2 Å². The van der Waals surface area contributed by atoms with E-state index in [9.17, 15) is 4.79 Å². The molecule has 0 aliphatic rings. The van der Waals surface area contributed by atoms with E-state index < -0.39 is 0 Å². The number of nitrogens with zero attached hydrogens (tertiary/aromatic N) is 2. The fourth-order valence-electron chi connectivity index (χ4n) is 1.98. The summed E-state index contributed by atoms with van der Waals surface area (Å²) in [5, 5.41) is 10.3. The molecule has 6 heteroatoms. The van der Waals surface area contributed by atoms with Gasteiger partial charge in [0, 0.05) is 37.3 Å². The number of hydrogen-bond donors (Lipinski definition) is 2. The second kappa shape index (κ2) is 6.90. The highest BCUT2D eigenvalue weighted by Gasteiger charge is 2.07. The SMILES string of the molecule is COCC(=O)Nc1ccc(NC(C)c2cnn(C)c2)cc1. The number of aryl methyl sites for hydroxylation is 1. The third-order valence-corrected chi connectivity index (χ3v) is 3.05. The van der Waals surface area contributed by atoms with E-state index in [1.54, 1.807) is 4.68 Å². The fourth-order valence-corrected chi connectivity index (χ4v) is 1.98. The lowest BCUT2D eigenvalue weighted by Gasteiger charge is -2.14. The molecule has 1 heterocycles. The van der Waals surface area contributed by atoms with Crippen molar-refractivity contribution in [3.8, 4) is 0 Å². The summed E-state index contributed by atoms with van der Waals surface area (Å²) in [5.74, 6) is -0.165. The van der Waals surface area contributed by atoms with Crippen molar-refractivity contribution >= 4 is 17.3 Å². The van der Waals surface area contributed by atoms with Crippen LogP contribution < -0.4 is 10.6 Å². The molecule has 112 valence electrons. The number of carbonyl (C=O) groups excluding carboxylic acids is 1. The predicted octanol–water partition coefficient (Wildman–Crippen LogP) is 2.18. The third-order valence-electron chi connectivity index (χ3n) is 3.05. The number of aromatic nitrogens is 2. The Morgan fingerprint density at radius 1 is 1.33 bits per heavy atom. The largest absolute Gasteiger partial charge is 0.378 e. The number of methoxy groups -OCH3 is 1. The Morgan fingerprint density at radius 2 is 2.00 bits per heavy atom. The third kappa shape index (κ3) is 4.32. The van der Waals surface area contributed by atoms with Crippen LogP contribution in [0.2, 0.25) is 0 Å². The summed E-state index contributed by atoms with van der Waals surface area (Å²) in [6.45, 7) is 2.13. The van der Waals surface area contributed by atoms with Gasteiger partial charge in [-0.15, -0.1) is 0 Å². The number of anilines is 2. The van der Waals surface area contributed by atoms with E-state index in [1.807, 2.05) is 43.7 Å². The average molecular weight is 288 g/mol. The van der Waals surface area contributed by atoms with Gasteiger partial charge in [0.2, 0.25) is 5.91 Å². The molecule has 1 amide bonds. The van der Waals surface area contributed by atoms with E-state index in [2.05, 4.69) is 22.7 Å². The first-order valence-electron chi connectivity index (χ1n) is 6.72. The van der Waals surface area contributed by atoms with Gasteiger partial charge in [-0.2, -0.15) is 5.10 Å². The van der Waals surface area contributed by atoms with Crippen LogP contribution in [0.4, 0.5) is 11.4 Å². The van der Waals surface area contributed by atoms with Crippen molar-refractivity contribution in [1.82, 2.24) is 9.78 Å². The Balaban J connectivity index is 1.94. The number of amides is 1. The van der Waals surface area contributed by atoms with E-state index in [4.69, 9.17) is 4.74 Å². The minimum Gasteiger partial charge on any atom is -0.378 e. The Hall–Kier alpha value is -2.34. The Bertz CT molecular complexity index is 592. The monoisotopic (exact) mass is 288 g/mol. The minimum absolute atomic E-state index is 0.0536. The summed E-state index contributed by atoms with van der Waals surface area (Å²) in [5.41, 5.74) is 2.85. The van der Waals surface area contributed by atoms with E-state index in [0.29, 0.717) is 0 Å². The lowest BCUT2D eigenvalue weighted by atomic mass is 10.2. The Morgan fingerprint density at radius 3 is 2.57 bits per heavy atom. The second-order valence-corrected chi connectivity index (χ2v) is 4.87. The van der Waals surface area contributed by atoms with Crippen molar-refractivity contribution in [3.63, 3.8) is 0 Å². The molecular weight excluding hydrogens is 268 g/mol. The molecular formula is C15H20N4O2. The normalized spacial score (nSPS) is 12.0. The maximum atomic E-state index is 11.4. The topological polar surface area (TPSA) is 68.2 Å². The van der Waals surface area contributed by atoms with Crippen LogP contribution >= 0.6 is 0 Å². The standard InChI is InChI=1S/C15H20N4O2/c1-11(12-8-16-19(2)9-12)17-13-4-6-14(7-5-13)18-15(20)10-21-3/h4-9,11,17H,10H2,1-3H3,(H,18,20). The molecule has 0 fully saturated rings. The van der Waals surface area contributed by atoms with E-state index >= 15 is 0 Å². The zero-order valence-corrected chi connectivity index (χ0v) is 12.5. The quantitative estimate of drug-likeness (QED) is 0.855. The summed E-state index contributed by atoms with van der Waals surface area (Å²) >= 11 is 0. The smallest absolute Gasteiger partial charge is 0.250 e. The molecule has 0 bridgehead atoms. The Kier molecular flexibility index (Phi) is 4.94. The van der Waals surface area contributed by atoms with E-state index in [1.165, 1.54) is 7.11 Å². The van der Waals surface area contributed by atoms with Gasteiger partial charge < -0.3 is 15.4 Å². The number of hydrogen-bond acceptors (Lipinski definition) is 4. The lowest BCUT2D eigenvalue weighted by Crippen LogP contribution is -2.17. The van der Waals surface area contributed by atoms with Gasteiger partial charge in [-0.3, -0.25) is 9.48 Å². The zero-order valence-electron chi connectivity index (χ0n) is 12.5. The summed E-state index contributed by atoms with van der Waals surface area (Å²) in [6.07, 6.45) is 3.83. The lowest BCUT2D eigenvalue weighted by molar-refractivity contribution is -0.119. The van der Waals surface area contributed by atoms with Gasteiger partial charge in [0.1, 0.15) is 6.61 Å². The van der Waals surface area contributed by atoms with Gasteiger partial charge >= 0.3 is 0 Å². The van der Waals surface area contributed by atoms with Gasteiger partial charge in [-0.1, -0.05) is 0 Å². The van der Waals surface area contributed by atoms with Crippen LogP contribution in [0, 0.1) is 0 Å². The summed E-state index contributed by atoms with van der Waals surface area (Å²) in [7, 11) is 3.39. The van der Waals surface area contributed by atoms with Crippen LogP contribution in [0.15, 0.2) is 36.7 Å². The van der Waals surface area contributed by atoms with Crippen LogP contribution in [-0.4, -0.2) is 29.4 Å². The molecule has 1 aromatic heterocycles. The average Bonchev–Trinajstić information content (AvgIpc) is 2.88. The molecule has 1 atom stereocenters. The van der Waals surface area contributed by atoms with Gasteiger partial charge in [0.15, 0.2) is 0 Å². The highest BCUT2D eigenvalue weighted by Crippen LogP contribution is 2.20. The first kappa shape index (κ1) is 15.1. The molecule has 2 N–H and O–H groups in total. The highest BCUT2D eigenvalue weighted by atomic mass is 16.5. The summed E-state index contributed by atoms with van der Waals surface area (Å²) < 4.78 is 6.55. The highest BCUT2D eigenvalue weighted by molar-refractivity contribution is 5.91. The van der Waals surface area contributed by atoms with Crippen LogP contribution in [-0.2, 0) is 16.6 Å². The first-order chi connectivity index (χ1) is 10.1. The van der Waals surface area contributed by atoms with Crippen LogP contribution in [0.1, 0.15) is 18.5 Å². The molecule has 0 saturated heterocycles. The summed E-state index contributed by atoms with van der Waals surface area (Å²) in [4.78, 5) is 11.4. The van der Waals surface area contributed by atoms with Crippen LogP contribution in [0.25, 0.3) is 0 Å². The molecule has 6 nitrogen and oxygen atoms in total. The van der Waals surface area contributed by atoms with Crippen molar-refractivity contribution in [3.05, 3.63) is 42.2 Å². The van der Waals surface area contributed by atoms with Crippen molar-refractivity contribution < 1.29 is 9.53 Å². The maximum absolute atomic E-state index is 11.4. The molecule has 2 aromatic rings. The second-order valence-electron chi connectivity index (χ2n) is 4.87. The number of nitrogens with one attached hydrogen (secondary N) is 2. The molecule has 0 aliphatic heterocycles. The van der Waals surface area contributed by atoms with Crippen LogP contribution in [0.3, 0.4) is 0 Å². The molecule has 0 radical (unpaired) electrons. The van der Waals surface area contributed by atoms with E-state index in [-0.39, 0.29) is 18.6 Å². The molecule has 1 unspecified atom stereocenters. The van der Waals surface area contributed by atoms with Gasteiger partial charge in [0.05, 0.1) is 12.2 Å². The Labute approximate surface area is 124 Å². The van der Waals surface area contributed by atoms with Gasteiger partial charge in [-0.25, -0.2) is 0 Å². The zero-order chi connectivity index (χ0) is 15.2. The molecule has 21 heavy (non-hydrogen) atoms. The molecule has 0 spiro atoms. The first-order valence-corrected chi connectivity index (χ1v) is 6.72. The van der Waals surface area contributed by atoms with Gasteiger partial charge in [0.25, 0.3) is 0 Å². The number of ether oxygens (including phenoxy) is 1. The summed E-state index contributed by atoms with van der Waals surface area (Å²) in [6, 6.07) is 7.72. The predicted molar refractivity (Wildman–Crippen MR) is 82.2 cm³/mol. The molecule has 1 aromatic carbocycles. The van der Waals surface area contributed by atoms with Crippen molar-refractivity contribution in [2.45, 2.75) is 13.0 Å². The fraction of sp³-hybridized carbons (Fsp3) is 0.333. The molecule has 0 saturated carbocycles. The van der Waals surface area contributed by atoms with Crippen molar-refractivity contribution in [2.75, 3.05) is 24.4 Å². The molecule has 0 aliphatic carbocycles. The number of carbonyl (C=O) groups is 1. The van der Waals surface area contributed by atoms with Crippen molar-refractivity contribution in [1.29, 1.82) is 0 Å². The van der Waals surface area contributed by atoms with Crippen molar-refractivity contribution in [2.24, 2.45) is 7.05 Å². The maximum Gasteiger partial charge on any atom is 0.250 e. The number of rotatable bonds is 6. The number of benzene rings is 1.